The second-order valence-electron chi connectivity index (χ2n) is 6.63. The molecule has 7 heteroatoms. The van der Waals surface area contributed by atoms with E-state index in [0.717, 1.165) is 16.9 Å². The molecule has 0 unspecified atom stereocenters. The van der Waals surface area contributed by atoms with Crippen LogP contribution >= 0.6 is 23.1 Å². The number of para-hydroxylation sites is 1. The number of rotatable bonds is 5. The van der Waals surface area contributed by atoms with Gasteiger partial charge in [0.2, 0.25) is 5.91 Å². The van der Waals surface area contributed by atoms with Crippen molar-refractivity contribution in [3.05, 3.63) is 82.0 Å². The monoisotopic (exact) mass is 421 g/mol. The largest absolute Gasteiger partial charge is 0.325 e. The minimum Gasteiger partial charge on any atom is -0.325 e. The highest BCUT2D eigenvalue weighted by molar-refractivity contribution is 8.00. The van der Waals surface area contributed by atoms with Crippen LogP contribution in [0, 0.1) is 6.92 Å². The SMILES string of the molecule is Cc1cccc(NC(=O)[C@H](C)Sc2nc3sccc3c(=O)n2-c2ccccc2)c1. The molecule has 4 rings (SSSR count). The molecule has 1 amide bonds. The molecular weight excluding hydrogens is 402 g/mol. The third-order valence-electron chi connectivity index (χ3n) is 4.42. The smallest absolute Gasteiger partial charge is 0.267 e. The first kappa shape index (κ1) is 19.4. The van der Waals surface area contributed by atoms with E-state index in [-0.39, 0.29) is 11.5 Å². The van der Waals surface area contributed by atoms with Gasteiger partial charge in [0.1, 0.15) is 4.83 Å². The van der Waals surface area contributed by atoms with Crippen molar-refractivity contribution >= 4 is 44.9 Å². The first-order chi connectivity index (χ1) is 14.0. The van der Waals surface area contributed by atoms with E-state index < -0.39 is 5.25 Å². The highest BCUT2D eigenvalue weighted by Crippen LogP contribution is 2.27. The molecule has 2 aromatic heterocycles. The van der Waals surface area contributed by atoms with Crippen LogP contribution in [0.15, 0.2) is 76.0 Å². The van der Waals surface area contributed by atoms with E-state index >= 15 is 0 Å². The molecule has 0 aliphatic rings. The first-order valence-electron chi connectivity index (χ1n) is 9.13. The number of anilines is 1. The average Bonchev–Trinajstić information content (AvgIpc) is 3.18. The molecule has 1 N–H and O–H groups in total. The molecule has 1 atom stereocenters. The van der Waals surface area contributed by atoms with Gasteiger partial charge >= 0.3 is 0 Å². The predicted octanol–water partition coefficient (Wildman–Crippen LogP) is 4.87. The summed E-state index contributed by atoms with van der Waals surface area (Å²) < 4.78 is 1.58. The van der Waals surface area contributed by atoms with Crippen LogP contribution in [0.3, 0.4) is 0 Å². The fraction of sp³-hybridized carbons (Fsp3) is 0.136. The maximum absolute atomic E-state index is 13.1. The van der Waals surface area contributed by atoms with Crippen LogP contribution in [0.25, 0.3) is 15.9 Å². The van der Waals surface area contributed by atoms with Crippen molar-refractivity contribution in [2.45, 2.75) is 24.3 Å². The van der Waals surface area contributed by atoms with Crippen LogP contribution in [0.2, 0.25) is 0 Å². The standard InChI is InChI=1S/C22H19N3O2S2/c1-14-7-6-8-16(13-14)23-19(26)15(2)29-22-24-20-18(11-12-28-20)21(27)25(22)17-9-4-3-5-10-17/h3-13,15H,1-2H3,(H,23,26)/t15-/m0/s1. The van der Waals surface area contributed by atoms with E-state index in [1.54, 1.807) is 10.6 Å². The van der Waals surface area contributed by atoms with E-state index in [1.807, 2.05) is 73.8 Å². The summed E-state index contributed by atoms with van der Waals surface area (Å²) in [4.78, 5) is 31.2. The number of aryl methyl sites for hydroxylation is 1. The minimum atomic E-state index is -0.435. The zero-order valence-electron chi connectivity index (χ0n) is 16.0. The zero-order chi connectivity index (χ0) is 20.4. The molecule has 4 aromatic rings. The van der Waals surface area contributed by atoms with E-state index in [4.69, 9.17) is 0 Å². The highest BCUT2D eigenvalue weighted by Gasteiger charge is 2.20. The lowest BCUT2D eigenvalue weighted by molar-refractivity contribution is -0.115. The van der Waals surface area contributed by atoms with Gasteiger partial charge < -0.3 is 5.32 Å². The Morgan fingerprint density at radius 3 is 2.69 bits per heavy atom. The number of thiophene rings is 1. The van der Waals surface area contributed by atoms with Gasteiger partial charge in [0.15, 0.2) is 5.16 Å². The predicted molar refractivity (Wildman–Crippen MR) is 120 cm³/mol. The van der Waals surface area contributed by atoms with Gasteiger partial charge in [-0.05, 0) is 55.1 Å². The molecule has 0 spiro atoms. The summed E-state index contributed by atoms with van der Waals surface area (Å²) in [6.45, 7) is 3.79. The van der Waals surface area contributed by atoms with Crippen molar-refractivity contribution < 1.29 is 4.79 Å². The normalized spacial score (nSPS) is 12.1. The maximum atomic E-state index is 13.1. The van der Waals surface area contributed by atoms with Crippen molar-refractivity contribution in [3.63, 3.8) is 0 Å². The Balaban J connectivity index is 1.68. The lowest BCUT2D eigenvalue weighted by atomic mass is 10.2. The Morgan fingerprint density at radius 2 is 1.93 bits per heavy atom. The van der Waals surface area contributed by atoms with Gasteiger partial charge in [-0.25, -0.2) is 4.98 Å². The Bertz CT molecular complexity index is 1230. The number of nitrogens with zero attached hydrogens (tertiary/aromatic N) is 2. The Labute approximate surface area is 176 Å². The quantitative estimate of drug-likeness (QED) is 0.369. The molecule has 29 heavy (non-hydrogen) atoms. The number of carbonyl (C=O) groups is 1. The van der Waals surface area contributed by atoms with Crippen LogP contribution in [0.4, 0.5) is 5.69 Å². The van der Waals surface area contributed by atoms with E-state index in [2.05, 4.69) is 10.3 Å². The van der Waals surface area contributed by atoms with Crippen molar-refractivity contribution in [2.75, 3.05) is 5.32 Å². The number of nitrogens with one attached hydrogen (secondary N) is 1. The van der Waals surface area contributed by atoms with E-state index in [1.165, 1.54) is 23.1 Å². The highest BCUT2D eigenvalue weighted by atomic mass is 32.2. The van der Waals surface area contributed by atoms with Gasteiger partial charge in [0.25, 0.3) is 5.56 Å². The fourth-order valence-corrected chi connectivity index (χ4v) is 4.69. The molecule has 5 nitrogen and oxygen atoms in total. The molecule has 0 aliphatic heterocycles. The molecule has 0 saturated heterocycles. The first-order valence-corrected chi connectivity index (χ1v) is 10.9. The number of benzene rings is 2. The number of thioether (sulfide) groups is 1. The van der Waals surface area contributed by atoms with Crippen LogP contribution in [-0.4, -0.2) is 20.7 Å². The molecule has 146 valence electrons. The molecule has 2 aromatic carbocycles. The van der Waals surface area contributed by atoms with Crippen LogP contribution in [0.5, 0.6) is 0 Å². The van der Waals surface area contributed by atoms with Crippen LogP contribution in [-0.2, 0) is 4.79 Å². The number of fused-ring (bicyclic) bond motifs is 1. The minimum absolute atomic E-state index is 0.128. The Kier molecular flexibility index (Phi) is 5.51. The molecule has 0 saturated carbocycles. The third-order valence-corrected chi connectivity index (χ3v) is 6.28. The second-order valence-corrected chi connectivity index (χ2v) is 8.83. The summed E-state index contributed by atoms with van der Waals surface area (Å²) in [6.07, 6.45) is 0. The summed E-state index contributed by atoms with van der Waals surface area (Å²) in [7, 11) is 0. The summed E-state index contributed by atoms with van der Waals surface area (Å²) in [6, 6.07) is 18.8. The fourth-order valence-electron chi connectivity index (χ4n) is 2.96. The van der Waals surface area contributed by atoms with Gasteiger partial charge in [-0.3, -0.25) is 14.2 Å². The van der Waals surface area contributed by atoms with Gasteiger partial charge in [-0.15, -0.1) is 11.3 Å². The van der Waals surface area contributed by atoms with Gasteiger partial charge in [0, 0.05) is 5.69 Å². The number of aromatic nitrogens is 2. The van der Waals surface area contributed by atoms with E-state index in [9.17, 15) is 9.59 Å². The van der Waals surface area contributed by atoms with Gasteiger partial charge in [-0.2, -0.15) is 0 Å². The van der Waals surface area contributed by atoms with Crippen molar-refractivity contribution in [1.82, 2.24) is 9.55 Å². The van der Waals surface area contributed by atoms with Crippen LogP contribution in [0.1, 0.15) is 12.5 Å². The molecular formula is C22H19N3O2S2. The van der Waals surface area contributed by atoms with Crippen molar-refractivity contribution in [1.29, 1.82) is 0 Å². The summed E-state index contributed by atoms with van der Waals surface area (Å²) in [5.74, 6) is -0.138. The Hall–Kier alpha value is -2.90. The van der Waals surface area contributed by atoms with Crippen LogP contribution < -0.4 is 10.9 Å². The summed E-state index contributed by atoms with van der Waals surface area (Å²) >= 11 is 2.70. The maximum Gasteiger partial charge on any atom is 0.267 e. The number of carbonyl (C=O) groups excluding carboxylic acids is 1. The number of amides is 1. The van der Waals surface area contributed by atoms with Gasteiger partial charge in [-0.1, -0.05) is 42.1 Å². The molecule has 0 aliphatic carbocycles. The molecule has 0 radical (unpaired) electrons. The lowest BCUT2D eigenvalue weighted by Crippen LogP contribution is -2.26. The lowest BCUT2D eigenvalue weighted by Gasteiger charge is -2.16. The van der Waals surface area contributed by atoms with Crippen molar-refractivity contribution in [2.24, 2.45) is 0 Å². The Morgan fingerprint density at radius 1 is 1.14 bits per heavy atom. The van der Waals surface area contributed by atoms with E-state index in [0.29, 0.717) is 15.4 Å². The average molecular weight is 422 g/mol. The molecule has 0 bridgehead atoms. The van der Waals surface area contributed by atoms with Crippen molar-refractivity contribution in [3.8, 4) is 5.69 Å². The summed E-state index contributed by atoms with van der Waals surface area (Å²) in [5.41, 5.74) is 2.43. The third kappa shape index (κ3) is 4.11. The van der Waals surface area contributed by atoms with Gasteiger partial charge in [0.05, 0.1) is 16.3 Å². The number of hydrogen-bond acceptors (Lipinski definition) is 5. The zero-order valence-corrected chi connectivity index (χ0v) is 17.6. The number of hydrogen-bond donors (Lipinski definition) is 1. The molecule has 0 fully saturated rings. The second kappa shape index (κ2) is 8.23. The molecule has 2 heterocycles. The summed E-state index contributed by atoms with van der Waals surface area (Å²) in [5, 5.41) is 5.45. The topological polar surface area (TPSA) is 64.0 Å².